The van der Waals surface area contributed by atoms with Gasteiger partial charge in [0.25, 0.3) is 0 Å². The molecule has 2 aromatic rings. The van der Waals surface area contributed by atoms with E-state index in [2.05, 4.69) is 0 Å². The van der Waals surface area contributed by atoms with E-state index in [1.165, 1.54) is 12.1 Å². The van der Waals surface area contributed by atoms with Gasteiger partial charge < -0.3 is 20.1 Å². The highest BCUT2D eigenvalue weighted by Crippen LogP contribution is 2.38. The number of likely N-dealkylation sites (tertiary alicyclic amines) is 1. The van der Waals surface area contributed by atoms with Crippen molar-refractivity contribution in [1.29, 1.82) is 0 Å². The molecular formula is C22H27FN2O3. The Balaban J connectivity index is 1.70. The molecule has 150 valence electrons. The van der Waals surface area contributed by atoms with E-state index in [0.29, 0.717) is 30.9 Å². The molecule has 1 aliphatic rings. The Morgan fingerprint density at radius 2 is 2.07 bits per heavy atom. The number of benzene rings is 2. The van der Waals surface area contributed by atoms with Crippen LogP contribution < -0.4 is 10.5 Å². The van der Waals surface area contributed by atoms with E-state index in [1.54, 1.807) is 11.0 Å². The minimum Gasteiger partial charge on any atom is -0.493 e. The molecule has 0 spiro atoms. The van der Waals surface area contributed by atoms with Crippen LogP contribution in [0.5, 0.6) is 5.75 Å². The first kappa shape index (κ1) is 20.1. The van der Waals surface area contributed by atoms with Gasteiger partial charge in [-0.15, -0.1) is 0 Å². The van der Waals surface area contributed by atoms with Gasteiger partial charge in [0.2, 0.25) is 0 Å². The van der Waals surface area contributed by atoms with Crippen LogP contribution in [-0.4, -0.2) is 30.2 Å². The molecule has 1 heterocycles. The zero-order chi connectivity index (χ0) is 19.9. The Morgan fingerprint density at radius 1 is 1.29 bits per heavy atom. The second-order valence-corrected chi connectivity index (χ2v) is 7.19. The van der Waals surface area contributed by atoms with Gasteiger partial charge >= 0.3 is 6.09 Å². The third kappa shape index (κ3) is 5.23. The molecule has 2 aromatic carbocycles. The summed E-state index contributed by atoms with van der Waals surface area (Å²) in [6.45, 7) is 3.15. The average molecular weight is 386 g/mol. The fourth-order valence-electron chi connectivity index (χ4n) is 3.38. The Labute approximate surface area is 165 Å². The maximum atomic E-state index is 13.9. The van der Waals surface area contributed by atoms with Crippen LogP contribution in [0.3, 0.4) is 0 Å². The number of amides is 1. The molecule has 0 unspecified atom stereocenters. The Kier molecular flexibility index (Phi) is 6.87. The lowest BCUT2D eigenvalue weighted by atomic mass is 10.0. The van der Waals surface area contributed by atoms with Crippen LogP contribution in [-0.2, 0) is 11.3 Å². The van der Waals surface area contributed by atoms with Crippen molar-refractivity contribution in [2.75, 3.05) is 13.2 Å². The predicted molar refractivity (Wildman–Crippen MR) is 105 cm³/mol. The van der Waals surface area contributed by atoms with Gasteiger partial charge in [0, 0.05) is 18.2 Å². The summed E-state index contributed by atoms with van der Waals surface area (Å²) in [4.78, 5) is 14.3. The van der Waals surface area contributed by atoms with E-state index in [0.717, 1.165) is 18.4 Å². The number of ether oxygens (including phenoxy) is 2. The topological polar surface area (TPSA) is 64.8 Å². The molecule has 0 radical (unpaired) electrons. The third-order valence-electron chi connectivity index (χ3n) is 4.85. The molecule has 0 aromatic heterocycles. The lowest BCUT2D eigenvalue weighted by molar-refractivity contribution is 0.0915. The van der Waals surface area contributed by atoms with Crippen LogP contribution in [0.15, 0.2) is 48.5 Å². The van der Waals surface area contributed by atoms with E-state index in [1.807, 2.05) is 37.3 Å². The molecule has 1 fully saturated rings. The first-order valence-corrected chi connectivity index (χ1v) is 9.69. The Morgan fingerprint density at radius 3 is 2.82 bits per heavy atom. The second kappa shape index (κ2) is 9.55. The van der Waals surface area contributed by atoms with Gasteiger partial charge in [-0.25, -0.2) is 9.18 Å². The molecule has 6 heteroatoms. The average Bonchev–Trinajstić information content (AvgIpc) is 3.17. The van der Waals surface area contributed by atoms with Gasteiger partial charge in [0.15, 0.2) is 0 Å². The highest BCUT2D eigenvalue weighted by Gasteiger charge is 2.33. The molecule has 28 heavy (non-hydrogen) atoms. The van der Waals surface area contributed by atoms with Gasteiger partial charge in [0.05, 0.1) is 12.6 Å². The summed E-state index contributed by atoms with van der Waals surface area (Å²) < 4.78 is 25.3. The number of carbonyl (C=O) groups excluding carboxylic acids is 1. The largest absolute Gasteiger partial charge is 0.493 e. The van der Waals surface area contributed by atoms with Crippen LogP contribution in [0.2, 0.25) is 0 Å². The molecule has 2 N–H and O–H groups in total. The zero-order valence-corrected chi connectivity index (χ0v) is 16.1. The summed E-state index contributed by atoms with van der Waals surface area (Å²) in [6, 6.07) is 13.8. The van der Waals surface area contributed by atoms with Crippen molar-refractivity contribution in [1.82, 2.24) is 4.90 Å². The quantitative estimate of drug-likeness (QED) is 0.765. The first-order chi connectivity index (χ1) is 13.5. The van der Waals surface area contributed by atoms with Crippen molar-refractivity contribution >= 4 is 6.09 Å². The predicted octanol–water partition coefficient (Wildman–Crippen LogP) is 4.42. The molecule has 1 amide bonds. The molecule has 0 aliphatic carbocycles. The fraction of sp³-hybridized carbons (Fsp3) is 0.409. The smallest absolute Gasteiger partial charge is 0.410 e. The molecule has 3 rings (SSSR count). The summed E-state index contributed by atoms with van der Waals surface area (Å²) in [5, 5.41) is 0. The van der Waals surface area contributed by atoms with Crippen molar-refractivity contribution in [3.8, 4) is 5.75 Å². The van der Waals surface area contributed by atoms with Crippen LogP contribution in [0.25, 0.3) is 0 Å². The summed E-state index contributed by atoms with van der Waals surface area (Å²) in [5.41, 5.74) is 7.38. The highest BCUT2D eigenvalue weighted by atomic mass is 19.1. The van der Waals surface area contributed by atoms with E-state index in [9.17, 15) is 9.18 Å². The minimum absolute atomic E-state index is 0.0276. The summed E-state index contributed by atoms with van der Waals surface area (Å²) in [6.07, 6.45) is 1.89. The van der Waals surface area contributed by atoms with Gasteiger partial charge in [-0.2, -0.15) is 0 Å². The van der Waals surface area contributed by atoms with Gasteiger partial charge in [-0.1, -0.05) is 30.3 Å². The molecule has 2 atom stereocenters. The number of carbonyl (C=O) groups is 1. The Hall–Kier alpha value is -2.60. The highest BCUT2D eigenvalue weighted by molar-refractivity contribution is 5.69. The van der Waals surface area contributed by atoms with Crippen molar-refractivity contribution < 1.29 is 18.7 Å². The monoisotopic (exact) mass is 386 g/mol. The fourth-order valence-corrected chi connectivity index (χ4v) is 3.38. The van der Waals surface area contributed by atoms with Gasteiger partial charge in [0.1, 0.15) is 18.2 Å². The standard InChI is InChI=1S/C22H27FN2O3/c1-16(24)11-13-27-21-10-9-18(23)14-19(21)20-8-5-12-25(20)22(26)28-15-17-6-3-2-4-7-17/h2-4,6-7,9-10,14,16,20H,5,8,11-13,15,24H2,1H3/t16-,20-/m1/s1. The van der Waals surface area contributed by atoms with Crippen molar-refractivity contribution in [2.45, 2.75) is 44.9 Å². The summed E-state index contributed by atoms with van der Waals surface area (Å²) in [5.74, 6) is 0.244. The SMILES string of the molecule is C[C@@H](N)CCOc1ccc(F)cc1[C@H]1CCCN1C(=O)OCc1ccccc1. The lowest BCUT2D eigenvalue weighted by Crippen LogP contribution is -2.31. The van der Waals surface area contributed by atoms with E-state index in [-0.39, 0.29) is 24.5 Å². The van der Waals surface area contributed by atoms with Crippen LogP contribution in [0.1, 0.15) is 43.4 Å². The molecule has 0 saturated carbocycles. The molecular weight excluding hydrogens is 359 g/mol. The second-order valence-electron chi connectivity index (χ2n) is 7.19. The maximum absolute atomic E-state index is 13.9. The molecule has 1 saturated heterocycles. The van der Waals surface area contributed by atoms with E-state index >= 15 is 0 Å². The van der Waals surface area contributed by atoms with Crippen LogP contribution in [0, 0.1) is 5.82 Å². The third-order valence-corrected chi connectivity index (χ3v) is 4.85. The first-order valence-electron chi connectivity index (χ1n) is 9.69. The molecule has 0 bridgehead atoms. The van der Waals surface area contributed by atoms with Gasteiger partial charge in [-0.05, 0) is 49.9 Å². The summed E-state index contributed by atoms with van der Waals surface area (Å²) >= 11 is 0. The van der Waals surface area contributed by atoms with Crippen molar-refractivity contribution in [3.05, 3.63) is 65.5 Å². The minimum atomic E-state index is -0.392. The number of nitrogens with two attached hydrogens (primary N) is 1. The van der Waals surface area contributed by atoms with Gasteiger partial charge in [-0.3, -0.25) is 0 Å². The normalized spacial score (nSPS) is 17.4. The van der Waals surface area contributed by atoms with Crippen molar-refractivity contribution in [3.63, 3.8) is 0 Å². The number of halogens is 1. The van der Waals surface area contributed by atoms with Crippen LogP contribution >= 0.6 is 0 Å². The number of hydrogen-bond acceptors (Lipinski definition) is 4. The number of nitrogens with zero attached hydrogens (tertiary/aromatic N) is 1. The zero-order valence-electron chi connectivity index (χ0n) is 16.1. The molecule has 1 aliphatic heterocycles. The number of hydrogen-bond donors (Lipinski definition) is 1. The number of rotatable bonds is 7. The molecule has 5 nitrogen and oxygen atoms in total. The Bertz CT molecular complexity index is 783. The maximum Gasteiger partial charge on any atom is 0.410 e. The van der Waals surface area contributed by atoms with Crippen LogP contribution in [0.4, 0.5) is 9.18 Å². The summed E-state index contributed by atoms with van der Waals surface area (Å²) in [7, 11) is 0. The van der Waals surface area contributed by atoms with E-state index < -0.39 is 6.09 Å². The lowest BCUT2D eigenvalue weighted by Gasteiger charge is -2.26. The van der Waals surface area contributed by atoms with E-state index in [4.69, 9.17) is 15.2 Å². The van der Waals surface area contributed by atoms with Crippen molar-refractivity contribution in [2.24, 2.45) is 5.73 Å².